The summed E-state index contributed by atoms with van der Waals surface area (Å²) in [4.78, 5) is 4.26. The van der Waals surface area contributed by atoms with E-state index in [0.29, 0.717) is 5.69 Å². The zero-order valence-electron chi connectivity index (χ0n) is 9.61. The van der Waals surface area contributed by atoms with Gasteiger partial charge in [-0.2, -0.15) is 0 Å². The molecule has 1 N–H and O–H groups in total. The van der Waals surface area contributed by atoms with Crippen LogP contribution in [0.5, 0.6) is 0 Å². The van der Waals surface area contributed by atoms with Crippen molar-refractivity contribution in [3.8, 4) is 0 Å². The molecule has 1 aliphatic rings. The van der Waals surface area contributed by atoms with Crippen molar-refractivity contribution in [2.45, 2.75) is 30.9 Å². The first-order valence-corrected chi connectivity index (χ1v) is 6.73. The summed E-state index contributed by atoms with van der Waals surface area (Å²) >= 11 is 0. The molecule has 0 aliphatic carbocycles. The Morgan fingerprint density at radius 2 is 1.94 bits per heavy atom. The highest BCUT2D eigenvalue weighted by Gasteiger charge is 2.33. The van der Waals surface area contributed by atoms with E-state index in [4.69, 9.17) is 0 Å². The molecule has 2 rings (SSSR count). The van der Waals surface area contributed by atoms with E-state index >= 15 is 0 Å². The third-order valence-electron chi connectivity index (χ3n) is 2.83. The molecule has 2 unspecified atom stereocenters. The molecule has 0 bridgehead atoms. The molecule has 6 heteroatoms. The van der Waals surface area contributed by atoms with Gasteiger partial charge in [-0.1, -0.05) is 12.1 Å². The van der Waals surface area contributed by atoms with E-state index in [9.17, 15) is 13.5 Å². The molecule has 1 aliphatic heterocycles. The third-order valence-corrected chi connectivity index (χ3v) is 4.71. The van der Waals surface area contributed by atoms with Crippen LogP contribution in [0.2, 0.25) is 0 Å². The maximum absolute atomic E-state index is 12.3. The minimum absolute atomic E-state index is 0.176. The van der Waals surface area contributed by atoms with Crippen LogP contribution in [0.1, 0.15) is 13.8 Å². The van der Waals surface area contributed by atoms with Gasteiger partial charge < -0.3 is 5.11 Å². The SMILES string of the molecule is CC(O)C(C)N1C=Nc2ccccc2S1(=O)=O. The number of nitrogens with zero attached hydrogens (tertiary/aromatic N) is 2. The van der Waals surface area contributed by atoms with Crippen molar-refractivity contribution >= 4 is 22.0 Å². The third kappa shape index (κ3) is 1.94. The highest BCUT2D eigenvalue weighted by Crippen LogP contribution is 2.31. The summed E-state index contributed by atoms with van der Waals surface area (Å²) in [6.45, 7) is 3.19. The number of aliphatic hydroxyl groups is 1. The summed E-state index contributed by atoms with van der Waals surface area (Å²) in [7, 11) is -3.60. The number of hydrogen-bond donors (Lipinski definition) is 1. The minimum Gasteiger partial charge on any atom is -0.391 e. The molecule has 1 heterocycles. The van der Waals surface area contributed by atoms with Crippen molar-refractivity contribution in [2.24, 2.45) is 4.99 Å². The maximum Gasteiger partial charge on any atom is 0.267 e. The molecular weight excluding hydrogens is 240 g/mol. The van der Waals surface area contributed by atoms with Gasteiger partial charge in [-0.05, 0) is 26.0 Å². The van der Waals surface area contributed by atoms with Crippen LogP contribution < -0.4 is 0 Å². The first-order valence-electron chi connectivity index (χ1n) is 5.29. The van der Waals surface area contributed by atoms with E-state index in [1.807, 2.05) is 0 Å². The lowest BCUT2D eigenvalue weighted by Crippen LogP contribution is -2.44. The summed E-state index contributed by atoms with van der Waals surface area (Å²) in [5.74, 6) is 0. The largest absolute Gasteiger partial charge is 0.391 e. The number of para-hydroxylation sites is 1. The van der Waals surface area contributed by atoms with Gasteiger partial charge in [0.15, 0.2) is 0 Å². The zero-order chi connectivity index (χ0) is 12.6. The molecular formula is C11H14N2O3S. The number of aliphatic imine (C=N–C) groups is 1. The van der Waals surface area contributed by atoms with Crippen LogP contribution in [0.25, 0.3) is 0 Å². The summed E-state index contributed by atoms with van der Waals surface area (Å²) in [5.41, 5.74) is 0.432. The molecule has 17 heavy (non-hydrogen) atoms. The average molecular weight is 254 g/mol. The molecule has 0 spiro atoms. The summed E-state index contributed by atoms with van der Waals surface area (Å²) in [5, 5.41) is 9.49. The molecule has 5 nitrogen and oxygen atoms in total. The summed E-state index contributed by atoms with van der Waals surface area (Å²) < 4.78 is 25.6. The number of hydrogen-bond acceptors (Lipinski definition) is 4. The fourth-order valence-electron chi connectivity index (χ4n) is 1.61. The van der Waals surface area contributed by atoms with Gasteiger partial charge in [-0.25, -0.2) is 13.4 Å². The first kappa shape index (κ1) is 12.1. The number of sulfonamides is 1. The van der Waals surface area contributed by atoms with Gasteiger partial charge in [0, 0.05) is 0 Å². The van der Waals surface area contributed by atoms with Crippen LogP contribution in [0.15, 0.2) is 34.2 Å². The molecule has 1 aromatic carbocycles. The number of rotatable bonds is 2. The Balaban J connectivity index is 2.52. The quantitative estimate of drug-likeness (QED) is 0.859. The van der Waals surface area contributed by atoms with Crippen molar-refractivity contribution in [3.05, 3.63) is 24.3 Å². The molecule has 0 radical (unpaired) electrons. The molecule has 0 aromatic heterocycles. The van der Waals surface area contributed by atoms with E-state index in [0.717, 1.165) is 4.31 Å². The van der Waals surface area contributed by atoms with Crippen LogP contribution in [-0.2, 0) is 10.0 Å². The lowest BCUT2D eigenvalue weighted by atomic mass is 10.2. The molecule has 0 fully saturated rings. The van der Waals surface area contributed by atoms with Crippen LogP contribution in [0.3, 0.4) is 0 Å². The van der Waals surface area contributed by atoms with Crippen LogP contribution in [0.4, 0.5) is 5.69 Å². The lowest BCUT2D eigenvalue weighted by Gasteiger charge is -2.30. The second-order valence-corrected chi connectivity index (χ2v) is 5.84. The topological polar surface area (TPSA) is 70.0 Å². The van der Waals surface area contributed by atoms with E-state index < -0.39 is 22.2 Å². The number of benzene rings is 1. The Morgan fingerprint density at radius 1 is 1.29 bits per heavy atom. The predicted octanol–water partition coefficient (Wildman–Crippen LogP) is 1.12. The average Bonchev–Trinajstić information content (AvgIpc) is 2.28. The molecule has 1 aromatic rings. The molecule has 2 atom stereocenters. The predicted molar refractivity (Wildman–Crippen MR) is 64.8 cm³/mol. The Kier molecular flexibility index (Phi) is 2.92. The van der Waals surface area contributed by atoms with Crippen molar-refractivity contribution in [1.82, 2.24) is 4.31 Å². The zero-order valence-corrected chi connectivity index (χ0v) is 10.4. The van der Waals surface area contributed by atoms with Gasteiger partial charge in [0.05, 0.1) is 17.8 Å². The fraction of sp³-hybridized carbons (Fsp3) is 0.364. The second kappa shape index (κ2) is 4.12. The number of fused-ring (bicyclic) bond motifs is 1. The van der Waals surface area contributed by atoms with Gasteiger partial charge >= 0.3 is 0 Å². The van der Waals surface area contributed by atoms with E-state index in [-0.39, 0.29) is 4.90 Å². The van der Waals surface area contributed by atoms with Crippen molar-refractivity contribution in [1.29, 1.82) is 0 Å². The van der Waals surface area contributed by atoms with Crippen molar-refractivity contribution < 1.29 is 13.5 Å². The Bertz CT molecular complexity index is 552. The van der Waals surface area contributed by atoms with Crippen LogP contribution in [-0.4, -0.2) is 36.3 Å². The van der Waals surface area contributed by atoms with Crippen LogP contribution >= 0.6 is 0 Å². The lowest BCUT2D eigenvalue weighted by molar-refractivity contribution is 0.137. The highest BCUT2D eigenvalue weighted by molar-refractivity contribution is 7.89. The Morgan fingerprint density at radius 3 is 2.59 bits per heavy atom. The summed E-state index contributed by atoms with van der Waals surface area (Å²) in [6, 6.07) is 6.01. The van der Waals surface area contributed by atoms with Crippen LogP contribution in [0, 0.1) is 0 Å². The number of aliphatic hydroxyl groups excluding tert-OH is 1. The van der Waals surface area contributed by atoms with Gasteiger partial charge in [0.25, 0.3) is 10.0 Å². The standard InChI is InChI=1S/C11H14N2O3S/c1-8(9(2)14)13-7-12-10-5-3-4-6-11(10)17(13,15)16/h3-9,14H,1-2H3. The maximum atomic E-state index is 12.3. The van der Waals surface area contributed by atoms with E-state index in [1.54, 1.807) is 32.0 Å². The molecule has 92 valence electrons. The Hall–Kier alpha value is -1.40. The summed E-state index contributed by atoms with van der Waals surface area (Å²) in [6.07, 6.45) is 0.496. The van der Waals surface area contributed by atoms with E-state index in [2.05, 4.69) is 4.99 Å². The first-order chi connectivity index (χ1) is 7.94. The normalized spacial score (nSPS) is 20.8. The van der Waals surface area contributed by atoms with E-state index in [1.165, 1.54) is 12.4 Å². The molecule has 0 amide bonds. The molecule has 0 saturated heterocycles. The minimum atomic E-state index is -3.60. The second-order valence-electron chi connectivity index (χ2n) is 4.03. The smallest absolute Gasteiger partial charge is 0.267 e. The van der Waals surface area contributed by atoms with Crippen molar-refractivity contribution in [3.63, 3.8) is 0 Å². The van der Waals surface area contributed by atoms with Gasteiger partial charge in [0.1, 0.15) is 11.2 Å². The Labute approximate surface area is 100 Å². The monoisotopic (exact) mass is 254 g/mol. The van der Waals surface area contributed by atoms with Gasteiger partial charge in [-0.15, -0.1) is 0 Å². The molecule has 0 saturated carbocycles. The van der Waals surface area contributed by atoms with Gasteiger partial charge in [0.2, 0.25) is 0 Å². The fourth-order valence-corrected chi connectivity index (χ4v) is 3.26. The highest BCUT2D eigenvalue weighted by atomic mass is 32.2. The van der Waals surface area contributed by atoms with Gasteiger partial charge in [-0.3, -0.25) is 4.31 Å². The van der Waals surface area contributed by atoms with Crippen molar-refractivity contribution in [2.75, 3.05) is 0 Å².